The lowest BCUT2D eigenvalue weighted by molar-refractivity contribution is -0.126. The minimum Gasteiger partial charge on any atom is -0.450 e. The van der Waals surface area contributed by atoms with Gasteiger partial charge in [-0.3, -0.25) is 14.4 Å². The molecule has 0 aliphatic carbocycles. The highest BCUT2D eigenvalue weighted by molar-refractivity contribution is 6.17. The van der Waals surface area contributed by atoms with Gasteiger partial charge in [-0.1, -0.05) is 30.3 Å². The summed E-state index contributed by atoms with van der Waals surface area (Å²) >= 11 is 0. The van der Waals surface area contributed by atoms with Crippen molar-refractivity contribution in [1.29, 1.82) is 0 Å². The second kappa shape index (κ2) is 8.63. The summed E-state index contributed by atoms with van der Waals surface area (Å²) in [7, 11) is 0. The number of benzene rings is 3. The first-order valence-corrected chi connectivity index (χ1v) is 12.5. The Balaban J connectivity index is 1.64. The van der Waals surface area contributed by atoms with Crippen molar-refractivity contribution in [3.63, 3.8) is 0 Å². The van der Waals surface area contributed by atoms with Crippen molar-refractivity contribution in [2.24, 2.45) is 0 Å². The van der Waals surface area contributed by atoms with Gasteiger partial charge in [0.1, 0.15) is 11.4 Å². The molecule has 2 aliphatic rings. The van der Waals surface area contributed by atoms with Crippen molar-refractivity contribution < 1.29 is 23.5 Å². The number of hydrogen-bond donors (Lipinski definition) is 1. The highest BCUT2D eigenvalue weighted by Gasteiger charge is 2.64. The number of rotatable bonds is 5. The van der Waals surface area contributed by atoms with Crippen LogP contribution in [0.3, 0.4) is 0 Å². The molecule has 0 bridgehead atoms. The van der Waals surface area contributed by atoms with Gasteiger partial charge in [0.05, 0.1) is 23.2 Å². The number of anilines is 1. The second-order valence-electron chi connectivity index (χ2n) is 9.85. The maximum Gasteiger partial charge on any atom is 0.291 e. The van der Waals surface area contributed by atoms with Gasteiger partial charge in [0.2, 0.25) is 5.76 Å². The second-order valence-corrected chi connectivity index (χ2v) is 9.85. The Bertz CT molecular complexity index is 1690. The van der Waals surface area contributed by atoms with Gasteiger partial charge >= 0.3 is 0 Å². The fourth-order valence-corrected chi connectivity index (χ4v) is 5.70. The van der Waals surface area contributed by atoms with Crippen LogP contribution in [0.2, 0.25) is 0 Å². The lowest BCUT2D eigenvalue weighted by Gasteiger charge is -2.34. The summed E-state index contributed by atoms with van der Waals surface area (Å²) in [5.41, 5.74) is 1.63. The Hall–Kier alpha value is -4.30. The number of halogens is 1. The van der Waals surface area contributed by atoms with Crippen LogP contribution < -0.4 is 10.3 Å². The van der Waals surface area contributed by atoms with Gasteiger partial charge in [0.25, 0.3) is 11.8 Å². The van der Waals surface area contributed by atoms with E-state index in [1.54, 1.807) is 48.5 Å². The number of aliphatic hydroxyl groups excluding tert-OH is 1. The normalized spacial score (nSPS) is 18.1. The zero-order chi connectivity index (χ0) is 26.8. The molecule has 1 atom stereocenters. The van der Waals surface area contributed by atoms with Crippen molar-refractivity contribution in [1.82, 2.24) is 4.90 Å². The Kier molecular flexibility index (Phi) is 5.47. The standard InChI is InChI=1S/C30H25FN2O5/c1-17-14-21-24(15-18(17)2)38-27-25(26(21)35)30(33(28(27)36)12-5-13-34)22-6-3-4-7-23(22)32(29(30)37)16-19-8-10-20(31)11-9-19/h3-4,6-11,14-15,34H,5,12-13,16H2,1-2H3. The Labute approximate surface area is 217 Å². The van der Waals surface area contributed by atoms with Crippen LogP contribution in [0.15, 0.2) is 69.9 Å². The maximum atomic E-state index is 14.6. The first-order chi connectivity index (χ1) is 18.3. The molecule has 2 amide bonds. The van der Waals surface area contributed by atoms with E-state index >= 15 is 0 Å². The van der Waals surface area contributed by atoms with E-state index in [1.807, 2.05) is 13.8 Å². The van der Waals surface area contributed by atoms with E-state index in [0.717, 1.165) is 11.1 Å². The van der Waals surface area contributed by atoms with Crippen LogP contribution in [0.25, 0.3) is 11.0 Å². The van der Waals surface area contributed by atoms with Crippen LogP contribution in [0, 0.1) is 19.7 Å². The van der Waals surface area contributed by atoms with Crippen molar-refractivity contribution in [3.05, 3.63) is 110 Å². The molecule has 0 saturated heterocycles. The number of aliphatic hydroxyl groups is 1. The van der Waals surface area contributed by atoms with E-state index in [4.69, 9.17) is 4.42 Å². The molecule has 1 aromatic heterocycles. The lowest BCUT2D eigenvalue weighted by Crippen LogP contribution is -2.53. The predicted octanol–water partition coefficient (Wildman–Crippen LogP) is 4.18. The summed E-state index contributed by atoms with van der Waals surface area (Å²) < 4.78 is 19.7. The molecule has 3 heterocycles. The van der Waals surface area contributed by atoms with Crippen LogP contribution in [0.4, 0.5) is 10.1 Å². The summed E-state index contributed by atoms with van der Waals surface area (Å²) in [5.74, 6) is -1.59. The predicted molar refractivity (Wildman–Crippen MR) is 140 cm³/mol. The molecule has 0 saturated carbocycles. The zero-order valence-electron chi connectivity index (χ0n) is 21.0. The lowest BCUT2D eigenvalue weighted by atomic mass is 9.83. The first kappa shape index (κ1) is 24.1. The van der Waals surface area contributed by atoms with Gasteiger partial charge in [-0.2, -0.15) is 0 Å². The Morgan fingerprint density at radius 2 is 1.68 bits per heavy atom. The fraction of sp³-hybridized carbons (Fsp3) is 0.233. The monoisotopic (exact) mass is 512 g/mol. The molecule has 0 radical (unpaired) electrons. The zero-order valence-corrected chi connectivity index (χ0v) is 21.0. The SMILES string of the molecule is Cc1cc2oc3c(c(=O)c2cc1C)C1(C(=O)N(Cc2ccc(F)cc2)c2ccccc21)N(CCCO)C3=O. The van der Waals surface area contributed by atoms with E-state index in [-0.39, 0.29) is 48.8 Å². The number of carbonyl (C=O) groups excluding carboxylic acids is 2. The van der Waals surface area contributed by atoms with Crippen LogP contribution in [0.5, 0.6) is 0 Å². The molecule has 38 heavy (non-hydrogen) atoms. The number of carbonyl (C=O) groups is 2. The van der Waals surface area contributed by atoms with Gasteiger partial charge in [0.15, 0.2) is 11.0 Å². The number of aryl methyl sites for hydroxylation is 2. The molecule has 1 spiro atoms. The summed E-state index contributed by atoms with van der Waals surface area (Å²) in [4.78, 5) is 45.5. The third-order valence-electron chi connectivity index (χ3n) is 7.65. The fourth-order valence-electron chi connectivity index (χ4n) is 5.70. The third-order valence-corrected chi connectivity index (χ3v) is 7.65. The summed E-state index contributed by atoms with van der Waals surface area (Å²) in [6, 6.07) is 16.4. The molecule has 8 heteroatoms. The van der Waals surface area contributed by atoms with Crippen LogP contribution in [-0.2, 0) is 16.9 Å². The highest BCUT2D eigenvalue weighted by atomic mass is 19.1. The number of fused-ring (bicyclic) bond motifs is 5. The summed E-state index contributed by atoms with van der Waals surface area (Å²) in [6.07, 6.45) is 0.209. The smallest absolute Gasteiger partial charge is 0.291 e. The number of nitrogens with zero attached hydrogens (tertiary/aromatic N) is 2. The van der Waals surface area contributed by atoms with E-state index in [9.17, 15) is 23.9 Å². The van der Waals surface area contributed by atoms with Gasteiger partial charge in [-0.25, -0.2) is 4.39 Å². The molecule has 6 rings (SSSR count). The molecular weight excluding hydrogens is 487 g/mol. The molecule has 3 aromatic carbocycles. The molecule has 7 nitrogen and oxygen atoms in total. The van der Waals surface area contributed by atoms with Crippen LogP contribution in [0.1, 0.15) is 44.8 Å². The third kappa shape index (κ3) is 3.20. The van der Waals surface area contributed by atoms with E-state index in [2.05, 4.69) is 0 Å². The first-order valence-electron chi connectivity index (χ1n) is 12.5. The maximum absolute atomic E-state index is 14.6. The minimum atomic E-state index is -1.74. The van der Waals surface area contributed by atoms with Crippen molar-refractivity contribution in [3.8, 4) is 0 Å². The van der Waals surface area contributed by atoms with Gasteiger partial charge < -0.3 is 19.3 Å². The Morgan fingerprint density at radius 1 is 0.974 bits per heavy atom. The van der Waals surface area contributed by atoms with Crippen LogP contribution in [-0.4, -0.2) is 35.0 Å². The summed E-state index contributed by atoms with van der Waals surface area (Å²) in [5, 5.41) is 9.91. The molecule has 4 aromatic rings. The number of hydrogen-bond acceptors (Lipinski definition) is 5. The average Bonchev–Trinajstić information content (AvgIpc) is 3.30. The molecular formula is C30H25FN2O5. The van der Waals surface area contributed by atoms with E-state index < -0.39 is 22.8 Å². The number of amides is 2. The Morgan fingerprint density at radius 3 is 2.42 bits per heavy atom. The molecule has 0 fully saturated rings. The largest absolute Gasteiger partial charge is 0.450 e. The van der Waals surface area contributed by atoms with E-state index in [0.29, 0.717) is 22.2 Å². The molecule has 1 unspecified atom stereocenters. The van der Waals surface area contributed by atoms with Crippen molar-refractivity contribution in [2.45, 2.75) is 32.4 Å². The van der Waals surface area contributed by atoms with Gasteiger partial charge in [-0.05, 0) is 67.3 Å². The quantitative estimate of drug-likeness (QED) is 0.433. The average molecular weight is 513 g/mol. The van der Waals surface area contributed by atoms with Gasteiger partial charge in [0, 0.05) is 18.7 Å². The van der Waals surface area contributed by atoms with Crippen LogP contribution >= 0.6 is 0 Å². The molecule has 192 valence electrons. The van der Waals surface area contributed by atoms with Gasteiger partial charge in [-0.15, -0.1) is 0 Å². The minimum absolute atomic E-state index is 0.00440. The van der Waals surface area contributed by atoms with Crippen molar-refractivity contribution in [2.75, 3.05) is 18.1 Å². The van der Waals surface area contributed by atoms with Crippen molar-refractivity contribution >= 4 is 28.5 Å². The summed E-state index contributed by atoms with van der Waals surface area (Å²) in [6.45, 7) is 3.73. The topological polar surface area (TPSA) is 91.1 Å². The van der Waals surface area contributed by atoms with E-state index in [1.165, 1.54) is 21.9 Å². The molecule has 1 N–H and O–H groups in total. The number of para-hydroxylation sites is 1. The highest BCUT2D eigenvalue weighted by Crippen LogP contribution is 2.53. The molecule has 2 aliphatic heterocycles.